The van der Waals surface area contributed by atoms with Crippen molar-refractivity contribution in [2.45, 2.75) is 72.0 Å². The summed E-state index contributed by atoms with van der Waals surface area (Å²) in [5, 5.41) is 0. The molecule has 0 radical (unpaired) electrons. The maximum atomic E-state index is 6.15. The Balaban J connectivity index is 2.42. The summed E-state index contributed by atoms with van der Waals surface area (Å²) in [5.41, 5.74) is 2.75. The van der Waals surface area contributed by atoms with E-state index in [2.05, 4.69) is 60.4 Å². The Morgan fingerprint density at radius 3 is 2.00 bits per heavy atom. The Morgan fingerprint density at radius 2 is 1.55 bits per heavy atom. The molecule has 0 N–H and O–H groups in total. The first-order valence-corrected chi connectivity index (χ1v) is 7.27. The first-order chi connectivity index (χ1) is 8.96. The molecule has 1 aromatic rings. The van der Waals surface area contributed by atoms with Crippen molar-refractivity contribution in [2.24, 2.45) is 0 Å². The first-order valence-electron chi connectivity index (χ1n) is 7.27. The van der Waals surface area contributed by atoms with Crippen LogP contribution >= 0.6 is 0 Å². The van der Waals surface area contributed by atoms with E-state index >= 15 is 0 Å². The summed E-state index contributed by atoms with van der Waals surface area (Å²) in [7, 11) is -0.316. The summed E-state index contributed by atoms with van der Waals surface area (Å²) in [4.78, 5) is 4.54. The van der Waals surface area contributed by atoms with E-state index in [0.29, 0.717) is 0 Å². The van der Waals surface area contributed by atoms with Crippen molar-refractivity contribution in [3.8, 4) is 0 Å². The third-order valence-corrected chi connectivity index (χ3v) is 4.46. The lowest BCUT2D eigenvalue weighted by molar-refractivity contribution is 0.00578. The third kappa shape index (κ3) is 2.51. The van der Waals surface area contributed by atoms with E-state index in [1.807, 2.05) is 12.3 Å². The van der Waals surface area contributed by atoms with E-state index in [1.54, 1.807) is 0 Å². The van der Waals surface area contributed by atoms with Gasteiger partial charge in [-0.15, -0.1) is 0 Å². The van der Waals surface area contributed by atoms with Gasteiger partial charge < -0.3 is 9.31 Å². The van der Waals surface area contributed by atoms with Crippen LogP contribution in [0.15, 0.2) is 12.3 Å². The fraction of sp³-hybridized carbons (Fsp3) is 0.688. The van der Waals surface area contributed by atoms with Crippen LogP contribution in [0.25, 0.3) is 0 Å². The van der Waals surface area contributed by atoms with Gasteiger partial charge in [-0.3, -0.25) is 4.98 Å². The zero-order valence-corrected chi connectivity index (χ0v) is 14.0. The summed E-state index contributed by atoms with van der Waals surface area (Å²) in [5.74, 6) is 0. The lowest BCUT2D eigenvalue weighted by atomic mass is 9.74. The highest BCUT2D eigenvalue weighted by molar-refractivity contribution is 6.62. The molecule has 3 nitrogen and oxygen atoms in total. The van der Waals surface area contributed by atoms with Crippen LogP contribution in [-0.2, 0) is 14.7 Å². The molecule has 4 heteroatoms. The maximum Gasteiger partial charge on any atom is 0.495 e. The van der Waals surface area contributed by atoms with E-state index < -0.39 is 0 Å². The van der Waals surface area contributed by atoms with Gasteiger partial charge in [0, 0.05) is 17.3 Å². The number of aromatic nitrogens is 1. The molecule has 110 valence electrons. The topological polar surface area (TPSA) is 31.4 Å². The number of hydrogen-bond donors (Lipinski definition) is 0. The molecule has 0 spiro atoms. The second kappa shape index (κ2) is 4.57. The summed E-state index contributed by atoms with van der Waals surface area (Å²) < 4.78 is 12.3. The molecule has 1 saturated heterocycles. The van der Waals surface area contributed by atoms with Crippen molar-refractivity contribution in [3.63, 3.8) is 0 Å². The van der Waals surface area contributed by atoms with Gasteiger partial charge in [-0.1, -0.05) is 20.8 Å². The fourth-order valence-electron chi connectivity index (χ4n) is 2.53. The van der Waals surface area contributed by atoms with Crippen molar-refractivity contribution in [1.29, 1.82) is 0 Å². The van der Waals surface area contributed by atoms with Crippen molar-refractivity contribution < 1.29 is 9.31 Å². The van der Waals surface area contributed by atoms with Crippen molar-refractivity contribution in [1.82, 2.24) is 4.98 Å². The van der Waals surface area contributed by atoms with Crippen LogP contribution in [0.4, 0.5) is 0 Å². The lowest BCUT2D eigenvalue weighted by Gasteiger charge is -2.32. The summed E-state index contributed by atoms with van der Waals surface area (Å²) >= 11 is 0. The molecular formula is C16H26BNO2. The van der Waals surface area contributed by atoms with Crippen LogP contribution in [0.3, 0.4) is 0 Å². The average molecular weight is 275 g/mol. The molecule has 1 aliphatic rings. The van der Waals surface area contributed by atoms with Gasteiger partial charge in [-0.2, -0.15) is 0 Å². The summed E-state index contributed by atoms with van der Waals surface area (Å²) in [6, 6.07) is 2.01. The molecule has 0 atom stereocenters. The number of rotatable bonds is 1. The van der Waals surface area contributed by atoms with E-state index in [0.717, 1.165) is 11.2 Å². The molecule has 0 aromatic carbocycles. The second-order valence-corrected chi connectivity index (χ2v) is 7.71. The van der Waals surface area contributed by atoms with Crippen LogP contribution < -0.4 is 5.46 Å². The van der Waals surface area contributed by atoms with Gasteiger partial charge in [0.1, 0.15) is 0 Å². The van der Waals surface area contributed by atoms with E-state index in [9.17, 15) is 0 Å². The van der Waals surface area contributed by atoms with Gasteiger partial charge in [0.15, 0.2) is 0 Å². The highest BCUT2D eigenvalue weighted by Gasteiger charge is 2.52. The lowest BCUT2D eigenvalue weighted by Crippen LogP contribution is -2.41. The average Bonchev–Trinajstić information content (AvgIpc) is 2.46. The Hall–Kier alpha value is -0.865. The zero-order valence-electron chi connectivity index (χ0n) is 14.0. The Kier molecular flexibility index (Phi) is 3.55. The number of hydrogen-bond acceptors (Lipinski definition) is 3. The second-order valence-electron chi connectivity index (χ2n) is 7.71. The molecule has 2 heterocycles. The zero-order chi connectivity index (χ0) is 15.3. The predicted molar refractivity (Wildman–Crippen MR) is 83.4 cm³/mol. The molecule has 2 rings (SSSR count). The molecule has 0 unspecified atom stereocenters. The molecule has 0 saturated carbocycles. The molecule has 0 aliphatic carbocycles. The van der Waals surface area contributed by atoms with E-state index in [4.69, 9.17) is 9.31 Å². The molecule has 1 aromatic heterocycles. The minimum Gasteiger partial charge on any atom is -0.399 e. The minimum absolute atomic E-state index is 0.0176. The molecule has 0 amide bonds. The molecule has 1 fully saturated rings. The monoisotopic (exact) mass is 275 g/mol. The van der Waals surface area contributed by atoms with Crippen molar-refractivity contribution in [3.05, 3.63) is 23.5 Å². The smallest absolute Gasteiger partial charge is 0.399 e. The number of nitrogens with zero attached hydrogens (tertiary/aromatic N) is 1. The largest absolute Gasteiger partial charge is 0.495 e. The highest BCUT2D eigenvalue weighted by atomic mass is 16.7. The Labute approximate surface area is 123 Å². The Morgan fingerprint density at radius 1 is 1.05 bits per heavy atom. The van der Waals surface area contributed by atoms with Crippen LogP contribution in [0.2, 0.25) is 0 Å². The quantitative estimate of drug-likeness (QED) is 0.738. The normalized spacial score (nSPS) is 21.3. The molecule has 0 bridgehead atoms. The number of pyridine rings is 1. The van der Waals surface area contributed by atoms with Gasteiger partial charge in [0.2, 0.25) is 0 Å². The maximum absolute atomic E-state index is 6.15. The highest BCUT2D eigenvalue weighted by Crippen LogP contribution is 2.37. The first kappa shape index (κ1) is 15.5. The third-order valence-electron chi connectivity index (χ3n) is 4.46. The molecular weight excluding hydrogens is 249 g/mol. The fourth-order valence-corrected chi connectivity index (χ4v) is 2.53. The SMILES string of the molecule is Cc1c(B2OC(C)(C)C(C)(C)O2)ccnc1C(C)(C)C. The van der Waals surface area contributed by atoms with Crippen LogP contribution in [0.1, 0.15) is 59.7 Å². The summed E-state index contributed by atoms with van der Waals surface area (Å²) in [6.45, 7) is 16.9. The van der Waals surface area contributed by atoms with Gasteiger partial charge in [0.05, 0.1) is 11.2 Å². The van der Waals surface area contributed by atoms with Gasteiger partial charge in [-0.25, -0.2) is 0 Å². The van der Waals surface area contributed by atoms with Gasteiger partial charge >= 0.3 is 7.12 Å². The predicted octanol–water partition coefficient (Wildman–Crippen LogP) is 2.99. The van der Waals surface area contributed by atoms with Crippen molar-refractivity contribution >= 4 is 12.6 Å². The minimum atomic E-state index is -0.316. The standard InChI is InChI=1S/C16H26BNO2/c1-11-12(9-10-18-13(11)14(2,3)4)17-19-15(5,6)16(7,8)20-17/h9-10H,1-8H3. The van der Waals surface area contributed by atoms with Gasteiger partial charge in [0.25, 0.3) is 0 Å². The van der Waals surface area contributed by atoms with Gasteiger partial charge in [-0.05, 0) is 51.7 Å². The molecule has 1 aliphatic heterocycles. The van der Waals surface area contributed by atoms with Crippen LogP contribution in [0, 0.1) is 6.92 Å². The van der Waals surface area contributed by atoms with E-state index in [-0.39, 0.29) is 23.7 Å². The van der Waals surface area contributed by atoms with Crippen LogP contribution in [-0.4, -0.2) is 23.3 Å². The molecule has 20 heavy (non-hydrogen) atoms. The summed E-state index contributed by atoms with van der Waals surface area (Å²) in [6.07, 6.45) is 1.86. The van der Waals surface area contributed by atoms with Crippen LogP contribution in [0.5, 0.6) is 0 Å². The Bertz CT molecular complexity index is 502. The van der Waals surface area contributed by atoms with E-state index in [1.165, 1.54) is 5.56 Å². The van der Waals surface area contributed by atoms with Crippen molar-refractivity contribution in [2.75, 3.05) is 0 Å².